The first kappa shape index (κ1) is 21.6. The van der Waals surface area contributed by atoms with Crippen molar-refractivity contribution >= 4 is 33.3 Å². The Balaban J connectivity index is 2.08. The lowest BCUT2D eigenvalue weighted by molar-refractivity contribution is -0.137. The van der Waals surface area contributed by atoms with Crippen molar-refractivity contribution in [1.82, 2.24) is 9.88 Å². The Hall–Kier alpha value is -1.67. The molecule has 0 bridgehead atoms. The van der Waals surface area contributed by atoms with E-state index < -0.39 is 28.3 Å². The van der Waals surface area contributed by atoms with Crippen molar-refractivity contribution in [3.05, 3.63) is 28.0 Å². The second kappa shape index (κ2) is 8.56. The predicted molar refractivity (Wildman–Crippen MR) is 103 cm³/mol. The van der Waals surface area contributed by atoms with E-state index in [-0.39, 0.29) is 34.2 Å². The number of amides is 1. The second-order valence-electron chi connectivity index (χ2n) is 7.32. The molecular weight excluding hydrogens is 392 g/mol. The van der Waals surface area contributed by atoms with Crippen LogP contribution < -0.4 is 0 Å². The van der Waals surface area contributed by atoms with Crippen molar-refractivity contribution in [2.45, 2.75) is 40.2 Å². The van der Waals surface area contributed by atoms with Gasteiger partial charge in [0.15, 0.2) is 16.4 Å². The van der Waals surface area contributed by atoms with Crippen molar-refractivity contribution in [2.75, 3.05) is 24.7 Å². The van der Waals surface area contributed by atoms with E-state index in [1.54, 1.807) is 19.9 Å². The topological polar surface area (TPSA) is 93.6 Å². The summed E-state index contributed by atoms with van der Waals surface area (Å²) < 4.78 is 28.7. The number of rotatable bonds is 6. The third-order valence-electron chi connectivity index (χ3n) is 4.36. The van der Waals surface area contributed by atoms with E-state index in [1.165, 1.54) is 4.90 Å². The maximum atomic E-state index is 12.6. The first-order valence-electron chi connectivity index (χ1n) is 8.81. The van der Waals surface area contributed by atoms with Gasteiger partial charge in [0.05, 0.1) is 17.1 Å². The molecule has 1 fully saturated rings. The standard InChI is InChI=1S/C18H25ClN2O5S/c1-11(2)8-21(14-5-6-27(24,25)10-14)15(22)9-26-18(23)16-12(3)7-13(4)20-17(16)19/h7,11,14H,5-6,8-10H2,1-4H3/t14-/m1/s1. The molecule has 7 nitrogen and oxygen atoms in total. The zero-order valence-electron chi connectivity index (χ0n) is 16.0. The van der Waals surface area contributed by atoms with Gasteiger partial charge >= 0.3 is 5.97 Å². The highest BCUT2D eigenvalue weighted by atomic mass is 35.5. The molecule has 1 aliphatic heterocycles. The Labute approximate surface area is 165 Å². The van der Waals surface area contributed by atoms with Crippen LogP contribution in [0.4, 0.5) is 0 Å². The fourth-order valence-electron chi connectivity index (χ4n) is 3.19. The molecule has 1 saturated heterocycles. The molecule has 1 atom stereocenters. The molecule has 0 aliphatic carbocycles. The summed E-state index contributed by atoms with van der Waals surface area (Å²) in [6, 6.07) is 1.33. The average molecular weight is 417 g/mol. The van der Waals surface area contributed by atoms with E-state index in [2.05, 4.69) is 4.98 Å². The fourth-order valence-corrected chi connectivity index (χ4v) is 5.28. The Morgan fingerprint density at radius 2 is 2.04 bits per heavy atom. The number of aryl methyl sites for hydroxylation is 2. The molecular formula is C18H25ClN2O5S. The Kier molecular flexibility index (Phi) is 6.86. The zero-order chi connectivity index (χ0) is 20.4. The Morgan fingerprint density at radius 3 is 2.56 bits per heavy atom. The molecule has 27 heavy (non-hydrogen) atoms. The number of carbonyl (C=O) groups is 2. The highest BCUT2D eigenvalue weighted by Gasteiger charge is 2.35. The molecule has 1 aromatic heterocycles. The van der Waals surface area contributed by atoms with Crippen LogP contribution in [0.2, 0.25) is 5.15 Å². The number of pyridine rings is 1. The SMILES string of the molecule is Cc1cc(C)c(C(=O)OCC(=O)N(CC(C)C)[C@@H]2CCS(=O)(=O)C2)c(Cl)n1. The largest absolute Gasteiger partial charge is 0.452 e. The van der Waals surface area contributed by atoms with Gasteiger partial charge in [-0.3, -0.25) is 4.79 Å². The van der Waals surface area contributed by atoms with Gasteiger partial charge in [-0.25, -0.2) is 18.2 Å². The minimum atomic E-state index is -3.13. The van der Waals surface area contributed by atoms with Gasteiger partial charge in [0.25, 0.3) is 5.91 Å². The Bertz CT molecular complexity index is 815. The number of nitrogens with zero attached hydrogens (tertiary/aromatic N) is 2. The van der Waals surface area contributed by atoms with Crippen molar-refractivity contribution < 1.29 is 22.7 Å². The first-order chi connectivity index (χ1) is 12.5. The van der Waals surface area contributed by atoms with Crippen LogP contribution in [-0.4, -0.2) is 60.9 Å². The summed E-state index contributed by atoms with van der Waals surface area (Å²) in [5, 5.41) is 0.0332. The number of sulfone groups is 1. The summed E-state index contributed by atoms with van der Waals surface area (Å²) in [7, 11) is -3.13. The van der Waals surface area contributed by atoms with Crippen molar-refractivity contribution in [2.24, 2.45) is 5.92 Å². The molecule has 2 heterocycles. The lowest BCUT2D eigenvalue weighted by Gasteiger charge is -2.29. The molecule has 0 N–H and O–H groups in total. The summed E-state index contributed by atoms with van der Waals surface area (Å²) in [5.74, 6) is -0.948. The lowest BCUT2D eigenvalue weighted by Crippen LogP contribution is -2.45. The second-order valence-corrected chi connectivity index (χ2v) is 9.91. The van der Waals surface area contributed by atoms with Crippen LogP contribution in [0.3, 0.4) is 0 Å². The molecule has 0 spiro atoms. The van der Waals surface area contributed by atoms with E-state index in [1.807, 2.05) is 13.8 Å². The third kappa shape index (κ3) is 5.65. The minimum Gasteiger partial charge on any atom is -0.452 e. The van der Waals surface area contributed by atoms with E-state index in [0.29, 0.717) is 24.2 Å². The predicted octanol–water partition coefficient (Wildman–Crippen LogP) is 2.18. The van der Waals surface area contributed by atoms with Crippen LogP contribution in [0, 0.1) is 19.8 Å². The van der Waals surface area contributed by atoms with Crippen LogP contribution in [0.5, 0.6) is 0 Å². The highest BCUT2D eigenvalue weighted by molar-refractivity contribution is 7.91. The summed E-state index contributed by atoms with van der Waals surface area (Å²) in [5.41, 5.74) is 1.43. The summed E-state index contributed by atoms with van der Waals surface area (Å²) >= 11 is 6.04. The van der Waals surface area contributed by atoms with E-state index in [4.69, 9.17) is 16.3 Å². The van der Waals surface area contributed by atoms with Gasteiger partial charge in [-0.15, -0.1) is 0 Å². The number of aromatic nitrogens is 1. The summed E-state index contributed by atoms with van der Waals surface area (Å²) in [6.07, 6.45) is 0.404. The number of hydrogen-bond acceptors (Lipinski definition) is 6. The van der Waals surface area contributed by atoms with Crippen molar-refractivity contribution in [3.8, 4) is 0 Å². The maximum Gasteiger partial charge on any atom is 0.342 e. The van der Waals surface area contributed by atoms with Gasteiger partial charge in [-0.2, -0.15) is 0 Å². The number of ether oxygens (including phenoxy) is 1. The normalized spacial score (nSPS) is 18.5. The third-order valence-corrected chi connectivity index (χ3v) is 6.39. The number of carbonyl (C=O) groups excluding carboxylic acids is 2. The number of halogens is 1. The lowest BCUT2D eigenvalue weighted by atomic mass is 10.1. The van der Waals surface area contributed by atoms with Crippen molar-refractivity contribution in [1.29, 1.82) is 0 Å². The van der Waals surface area contributed by atoms with Gasteiger partial charge < -0.3 is 9.64 Å². The number of hydrogen-bond donors (Lipinski definition) is 0. The van der Waals surface area contributed by atoms with Crippen LogP contribution in [0.15, 0.2) is 6.07 Å². The van der Waals surface area contributed by atoms with Gasteiger partial charge in [-0.05, 0) is 37.8 Å². The van der Waals surface area contributed by atoms with E-state index in [9.17, 15) is 18.0 Å². The number of esters is 1. The smallest absolute Gasteiger partial charge is 0.342 e. The molecule has 1 amide bonds. The molecule has 2 rings (SSSR count). The maximum absolute atomic E-state index is 12.6. The fraction of sp³-hybridized carbons (Fsp3) is 0.611. The molecule has 0 saturated carbocycles. The van der Waals surface area contributed by atoms with Crippen molar-refractivity contribution in [3.63, 3.8) is 0 Å². The highest BCUT2D eigenvalue weighted by Crippen LogP contribution is 2.21. The average Bonchev–Trinajstić information content (AvgIpc) is 2.89. The quantitative estimate of drug-likeness (QED) is 0.521. The van der Waals surface area contributed by atoms with Crippen LogP contribution >= 0.6 is 11.6 Å². The van der Waals surface area contributed by atoms with Gasteiger partial charge in [-0.1, -0.05) is 25.4 Å². The molecule has 9 heteroatoms. The van der Waals surface area contributed by atoms with Gasteiger partial charge in [0.1, 0.15) is 5.15 Å². The van der Waals surface area contributed by atoms with Crippen LogP contribution in [-0.2, 0) is 19.4 Å². The molecule has 0 radical (unpaired) electrons. The van der Waals surface area contributed by atoms with E-state index >= 15 is 0 Å². The molecule has 1 aromatic rings. The van der Waals surface area contributed by atoms with Gasteiger partial charge in [0.2, 0.25) is 0 Å². The summed E-state index contributed by atoms with van der Waals surface area (Å²) in [6.45, 7) is 7.30. The summed E-state index contributed by atoms with van der Waals surface area (Å²) in [4.78, 5) is 30.6. The minimum absolute atomic E-state index is 0.0332. The van der Waals surface area contributed by atoms with Gasteiger partial charge in [0, 0.05) is 18.3 Å². The monoisotopic (exact) mass is 416 g/mol. The van der Waals surface area contributed by atoms with Crippen LogP contribution in [0.1, 0.15) is 41.9 Å². The molecule has 0 aromatic carbocycles. The zero-order valence-corrected chi connectivity index (χ0v) is 17.6. The Morgan fingerprint density at radius 1 is 1.37 bits per heavy atom. The molecule has 1 aliphatic rings. The molecule has 150 valence electrons. The molecule has 0 unspecified atom stereocenters. The first-order valence-corrected chi connectivity index (χ1v) is 11.0. The van der Waals surface area contributed by atoms with Crippen LogP contribution in [0.25, 0.3) is 0 Å². The van der Waals surface area contributed by atoms with E-state index in [0.717, 1.165) is 0 Å².